The van der Waals surface area contributed by atoms with Crippen LogP contribution in [0.1, 0.15) is 24.9 Å². The number of alkyl carbamates (subject to hydrolysis) is 1. The van der Waals surface area contributed by atoms with Crippen molar-refractivity contribution >= 4 is 39.4 Å². The van der Waals surface area contributed by atoms with Gasteiger partial charge in [0.05, 0.1) is 29.7 Å². The highest BCUT2D eigenvalue weighted by molar-refractivity contribution is 7.92. The number of nitrogens with zero attached hydrogens (tertiary/aromatic N) is 1. The summed E-state index contributed by atoms with van der Waals surface area (Å²) < 4.78 is 32.7. The van der Waals surface area contributed by atoms with Crippen molar-refractivity contribution in [3.05, 3.63) is 54.1 Å². The summed E-state index contributed by atoms with van der Waals surface area (Å²) in [5.41, 5.74) is 11.5. The van der Waals surface area contributed by atoms with Crippen LogP contribution >= 0.6 is 0 Å². The van der Waals surface area contributed by atoms with Crippen LogP contribution in [0.15, 0.2) is 58.4 Å². The first-order chi connectivity index (χ1) is 14.6. The normalized spacial score (nSPS) is 11.8. The summed E-state index contributed by atoms with van der Waals surface area (Å²) in [4.78, 5) is 26.7. The predicted molar refractivity (Wildman–Crippen MR) is 114 cm³/mol. The molecule has 31 heavy (non-hydrogen) atoms. The van der Waals surface area contributed by atoms with Crippen molar-refractivity contribution in [3.8, 4) is 0 Å². The molecule has 0 aliphatic heterocycles. The number of amides is 1. The lowest BCUT2D eigenvalue weighted by molar-refractivity contribution is -0.137. The van der Waals surface area contributed by atoms with Crippen LogP contribution in [0.4, 0.5) is 16.2 Å². The molecule has 2 aromatic carbocycles. The third kappa shape index (κ3) is 7.19. The van der Waals surface area contributed by atoms with Gasteiger partial charge in [0.25, 0.3) is 10.0 Å². The monoisotopic (exact) mass is 449 g/mol. The number of nitrogens with two attached hydrogens (primary N) is 2. The molecule has 0 fully saturated rings. The van der Waals surface area contributed by atoms with E-state index in [4.69, 9.17) is 21.3 Å². The molecule has 1 unspecified atom stereocenters. The maximum Gasteiger partial charge on any atom is 0.407 e. The molecule has 1 atom stereocenters. The molecule has 2 aromatic rings. The molecule has 166 valence electrons. The molecule has 0 saturated carbocycles. The number of sulfonamides is 1. The number of carboxylic acid groups (broad SMARTS) is 1. The molecule has 0 aliphatic carbocycles. The Morgan fingerprint density at radius 1 is 1.16 bits per heavy atom. The number of aliphatic carboxylic acids is 1. The number of carbonyl (C=O) groups is 2. The highest BCUT2D eigenvalue weighted by Crippen LogP contribution is 2.24. The van der Waals surface area contributed by atoms with Crippen LogP contribution in [0.2, 0.25) is 0 Å². The van der Waals surface area contributed by atoms with Gasteiger partial charge in [0.15, 0.2) is 5.96 Å². The van der Waals surface area contributed by atoms with Crippen LogP contribution in [0.25, 0.3) is 0 Å². The Kier molecular flexibility index (Phi) is 7.80. The minimum Gasteiger partial charge on any atom is -0.481 e. The molecule has 2 rings (SSSR count). The highest BCUT2D eigenvalue weighted by atomic mass is 32.2. The van der Waals surface area contributed by atoms with E-state index in [1.54, 1.807) is 13.0 Å². The maximum atomic E-state index is 12.8. The first kappa shape index (κ1) is 23.5. The first-order valence-corrected chi connectivity index (χ1v) is 10.6. The number of ether oxygens (including phenoxy) is 1. The van der Waals surface area contributed by atoms with E-state index >= 15 is 0 Å². The van der Waals surface area contributed by atoms with Crippen molar-refractivity contribution in [2.45, 2.75) is 24.3 Å². The lowest BCUT2D eigenvalue weighted by Crippen LogP contribution is -2.30. The number of anilines is 1. The molecule has 0 heterocycles. The van der Waals surface area contributed by atoms with Crippen molar-refractivity contribution in [1.82, 2.24) is 5.32 Å². The zero-order chi connectivity index (χ0) is 23.0. The van der Waals surface area contributed by atoms with Crippen LogP contribution in [-0.2, 0) is 19.6 Å². The number of guanidine groups is 1. The summed E-state index contributed by atoms with van der Waals surface area (Å²) in [5.74, 6) is -1.36. The maximum absolute atomic E-state index is 12.8. The molecular formula is C19H23N5O6S. The van der Waals surface area contributed by atoms with Gasteiger partial charge in [-0.25, -0.2) is 18.2 Å². The summed E-state index contributed by atoms with van der Waals surface area (Å²) >= 11 is 0. The van der Waals surface area contributed by atoms with Gasteiger partial charge in [-0.1, -0.05) is 18.2 Å². The van der Waals surface area contributed by atoms with Crippen LogP contribution in [0.3, 0.4) is 0 Å². The predicted octanol–water partition coefficient (Wildman–Crippen LogP) is 1.65. The molecule has 0 saturated heterocycles. The van der Waals surface area contributed by atoms with E-state index in [0.717, 1.165) is 0 Å². The fraction of sp³-hybridized carbons (Fsp3) is 0.211. The lowest BCUT2D eigenvalue weighted by atomic mass is 10.0. The fourth-order valence-electron chi connectivity index (χ4n) is 2.64. The van der Waals surface area contributed by atoms with E-state index in [-0.39, 0.29) is 28.8 Å². The van der Waals surface area contributed by atoms with Crippen molar-refractivity contribution in [2.75, 3.05) is 11.3 Å². The summed E-state index contributed by atoms with van der Waals surface area (Å²) in [7, 11) is -4.00. The number of benzene rings is 2. The molecular weight excluding hydrogens is 426 g/mol. The van der Waals surface area contributed by atoms with Gasteiger partial charge in [-0.2, -0.15) is 0 Å². The number of hydrogen-bond acceptors (Lipinski definition) is 6. The summed E-state index contributed by atoms with van der Waals surface area (Å²) in [6, 6.07) is 10.8. The Hall–Kier alpha value is -3.80. The van der Waals surface area contributed by atoms with Crippen LogP contribution in [0, 0.1) is 0 Å². The molecule has 0 radical (unpaired) electrons. The summed E-state index contributed by atoms with van der Waals surface area (Å²) in [6.45, 7) is 1.73. The van der Waals surface area contributed by atoms with Crippen molar-refractivity contribution < 1.29 is 27.9 Å². The molecule has 7 N–H and O–H groups in total. The fourth-order valence-corrected chi connectivity index (χ4v) is 3.73. The van der Waals surface area contributed by atoms with E-state index < -0.39 is 34.5 Å². The number of hydrogen-bond donors (Lipinski definition) is 5. The van der Waals surface area contributed by atoms with E-state index in [9.17, 15) is 18.0 Å². The summed E-state index contributed by atoms with van der Waals surface area (Å²) in [5, 5.41) is 11.6. The Bertz CT molecular complexity index is 1080. The molecule has 12 heteroatoms. The second-order valence-corrected chi connectivity index (χ2v) is 7.96. The SMILES string of the molecule is CCOC(=O)NC(CC(=O)O)c1cccc(NS(=O)(=O)c2cccc(N=C(N)N)c2)c1. The molecule has 0 aliphatic rings. The van der Waals surface area contributed by atoms with Gasteiger partial charge in [0.1, 0.15) is 0 Å². The zero-order valence-electron chi connectivity index (χ0n) is 16.6. The van der Waals surface area contributed by atoms with E-state index in [2.05, 4.69) is 15.0 Å². The van der Waals surface area contributed by atoms with Crippen LogP contribution < -0.4 is 21.5 Å². The van der Waals surface area contributed by atoms with Crippen LogP contribution in [-0.4, -0.2) is 38.2 Å². The lowest BCUT2D eigenvalue weighted by Gasteiger charge is -2.18. The van der Waals surface area contributed by atoms with E-state index in [1.165, 1.54) is 42.5 Å². The summed E-state index contributed by atoms with van der Waals surface area (Å²) in [6.07, 6.45) is -1.20. The molecule has 11 nitrogen and oxygen atoms in total. The second kappa shape index (κ2) is 10.3. The van der Waals surface area contributed by atoms with E-state index in [0.29, 0.717) is 5.56 Å². The van der Waals surface area contributed by atoms with Gasteiger partial charge >= 0.3 is 12.1 Å². The van der Waals surface area contributed by atoms with Gasteiger partial charge < -0.3 is 26.6 Å². The minimum absolute atomic E-state index is 0.0767. The highest BCUT2D eigenvalue weighted by Gasteiger charge is 2.20. The topological polar surface area (TPSA) is 186 Å². The molecule has 1 amide bonds. The average molecular weight is 449 g/mol. The zero-order valence-corrected chi connectivity index (χ0v) is 17.4. The molecule has 0 aromatic heterocycles. The molecule has 0 bridgehead atoms. The van der Waals surface area contributed by atoms with Gasteiger partial charge in [-0.15, -0.1) is 0 Å². The van der Waals surface area contributed by atoms with E-state index in [1.807, 2.05) is 0 Å². The molecule has 0 spiro atoms. The van der Waals surface area contributed by atoms with Crippen molar-refractivity contribution in [1.29, 1.82) is 0 Å². The van der Waals surface area contributed by atoms with Gasteiger partial charge in [-0.3, -0.25) is 9.52 Å². The number of nitrogens with one attached hydrogen (secondary N) is 2. The van der Waals surface area contributed by atoms with Gasteiger partial charge in [0.2, 0.25) is 0 Å². The van der Waals surface area contributed by atoms with Crippen LogP contribution in [0.5, 0.6) is 0 Å². The van der Waals surface area contributed by atoms with Gasteiger partial charge in [-0.05, 0) is 42.8 Å². The Morgan fingerprint density at radius 2 is 1.87 bits per heavy atom. The van der Waals surface area contributed by atoms with Crippen molar-refractivity contribution in [3.63, 3.8) is 0 Å². The number of carboxylic acids is 1. The Morgan fingerprint density at radius 3 is 2.52 bits per heavy atom. The first-order valence-electron chi connectivity index (χ1n) is 9.08. The number of carbonyl (C=O) groups excluding carboxylic acids is 1. The smallest absolute Gasteiger partial charge is 0.407 e. The third-order valence-corrected chi connectivity index (χ3v) is 5.25. The number of aliphatic imine (C=N–C) groups is 1. The standard InChI is InChI=1S/C19H23N5O6S/c1-2-30-19(27)23-16(11-17(25)26)12-5-3-7-14(9-12)24-31(28,29)15-8-4-6-13(10-15)22-18(20)21/h3-10,16,24H,2,11H2,1H3,(H,23,27)(H,25,26)(H4,20,21,22). The third-order valence-electron chi connectivity index (χ3n) is 3.87. The second-order valence-electron chi connectivity index (χ2n) is 6.28. The average Bonchev–Trinajstić information content (AvgIpc) is 2.67. The largest absolute Gasteiger partial charge is 0.481 e. The Balaban J connectivity index is 2.30. The quantitative estimate of drug-likeness (QED) is 0.282. The minimum atomic E-state index is -4.00. The number of rotatable bonds is 9. The Labute approximate surface area is 179 Å². The van der Waals surface area contributed by atoms with Gasteiger partial charge in [0, 0.05) is 5.69 Å². The van der Waals surface area contributed by atoms with Crippen molar-refractivity contribution in [2.24, 2.45) is 16.5 Å².